The lowest BCUT2D eigenvalue weighted by molar-refractivity contribution is 0.0738. The lowest BCUT2D eigenvalue weighted by Crippen LogP contribution is -2.12. The number of furan rings is 1. The predicted molar refractivity (Wildman–Crippen MR) is 93.1 cm³/mol. The Labute approximate surface area is 142 Å². The lowest BCUT2D eigenvalue weighted by atomic mass is 10.0. The van der Waals surface area contributed by atoms with Gasteiger partial charge < -0.3 is 13.6 Å². The lowest BCUT2D eigenvalue weighted by Gasteiger charge is -2.11. The Morgan fingerprint density at radius 2 is 1.68 bits per heavy atom. The van der Waals surface area contributed by atoms with Crippen molar-refractivity contribution in [3.63, 3.8) is 0 Å². The molecule has 5 nitrogen and oxygen atoms in total. The number of esters is 1. The van der Waals surface area contributed by atoms with E-state index in [-0.39, 0.29) is 0 Å². The van der Waals surface area contributed by atoms with Crippen molar-refractivity contribution in [3.8, 4) is 5.75 Å². The highest BCUT2D eigenvalue weighted by Gasteiger charge is 2.19. The summed E-state index contributed by atoms with van der Waals surface area (Å²) in [6, 6.07) is 11.8. The molecule has 4 rings (SSSR count). The normalized spacial score (nSPS) is 11.1. The summed E-state index contributed by atoms with van der Waals surface area (Å²) in [4.78, 5) is 24.3. The Morgan fingerprint density at radius 3 is 2.44 bits per heavy atom. The molecule has 0 aliphatic heterocycles. The van der Waals surface area contributed by atoms with Crippen LogP contribution < -0.4 is 10.4 Å². The number of benzene rings is 2. The average Bonchev–Trinajstić information content (AvgIpc) is 3.02. The number of hydrogen-bond acceptors (Lipinski definition) is 5. The number of carbonyl (C=O) groups is 1. The molecule has 0 bridgehead atoms. The molecule has 2 heterocycles. The van der Waals surface area contributed by atoms with E-state index in [0.29, 0.717) is 33.3 Å². The standard InChI is InChI=1S/C20H14O5/c1-11-4-3-5-12(2)18(11)20(22)25-19-13-6-7-17(21)24-16(13)10-15-14(19)8-9-23-15/h3-10H,1-2H3. The fraction of sp³-hybridized carbons (Fsp3) is 0.100. The second kappa shape index (κ2) is 5.63. The van der Waals surface area contributed by atoms with Gasteiger partial charge in [-0.2, -0.15) is 0 Å². The summed E-state index contributed by atoms with van der Waals surface area (Å²) in [5.74, 6) is -0.144. The van der Waals surface area contributed by atoms with Crippen LogP contribution in [0.2, 0.25) is 0 Å². The topological polar surface area (TPSA) is 69.7 Å². The van der Waals surface area contributed by atoms with E-state index in [1.54, 1.807) is 18.2 Å². The zero-order chi connectivity index (χ0) is 17.6. The van der Waals surface area contributed by atoms with Gasteiger partial charge in [-0.05, 0) is 37.1 Å². The van der Waals surface area contributed by atoms with Crippen LogP contribution in [0.5, 0.6) is 5.75 Å². The van der Waals surface area contributed by atoms with Crippen LogP contribution in [0.25, 0.3) is 21.9 Å². The molecule has 2 aromatic carbocycles. The maximum Gasteiger partial charge on any atom is 0.344 e. The van der Waals surface area contributed by atoms with Gasteiger partial charge in [-0.3, -0.25) is 0 Å². The summed E-state index contributed by atoms with van der Waals surface area (Å²) in [6.45, 7) is 3.72. The van der Waals surface area contributed by atoms with Gasteiger partial charge in [-0.25, -0.2) is 9.59 Å². The van der Waals surface area contributed by atoms with E-state index in [4.69, 9.17) is 13.6 Å². The molecular weight excluding hydrogens is 320 g/mol. The van der Waals surface area contributed by atoms with Crippen LogP contribution in [0.3, 0.4) is 0 Å². The van der Waals surface area contributed by atoms with Gasteiger partial charge in [0.25, 0.3) is 0 Å². The molecule has 5 heteroatoms. The van der Waals surface area contributed by atoms with Crippen LogP contribution in [-0.2, 0) is 0 Å². The summed E-state index contributed by atoms with van der Waals surface area (Å²) >= 11 is 0. The molecule has 0 saturated heterocycles. The van der Waals surface area contributed by atoms with E-state index in [2.05, 4.69) is 0 Å². The van der Waals surface area contributed by atoms with Crippen molar-refractivity contribution in [2.75, 3.05) is 0 Å². The van der Waals surface area contributed by atoms with Gasteiger partial charge in [0.1, 0.15) is 11.2 Å². The van der Waals surface area contributed by atoms with Crippen LogP contribution in [0, 0.1) is 13.8 Å². The Kier molecular flexibility index (Phi) is 3.42. The summed E-state index contributed by atoms with van der Waals surface area (Å²) < 4.78 is 16.3. The number of aryl methyl sites for hydroxylation is 2. The van der Waals surface area contributed by atoms with E-state index in [1.165, 1.54) is 12.3 Å². The minimum atomic E-state index is -0.481. The first-order valence-corrected chi connectivity index (χ1v) is 7.77. The average molecular weight is 334 g/mol. The van der Waals surface area contributed by atoms with Crippen molar-refractivity contribution in [1.29, 1.82) is 0 Å². The van der Waals surface area contributed by atoms with Gasteiger partial charge in [0, 0.05) is 12.1 Å². The molecule has 0 unspecified atom stereocenters. The monoisotopic (exact) mass is 334 g/mol. The molecule has 0 atom stereocenters. The highest BCUT2D eigenvalue weighted by Crippen LogP contribution is 2.35. The summed E-state index contributed by atoms with van der Waals surface area (Å²) in [5, 5.41) is 1.18. The molecule has 0 radical (unpaired) electrons. The largest absolute Gasteiger partial charge is 0.464 e. The number of fused-ring (bicyclic) bond motifs is 2. The van der Waals surface area contributed by atoms with Crippen molar-refractivity contribution < 1.29 is 18.4 Å². The highest BCUT2D eigenvalue weighted by molar-refractivity contribution is 6.04. The van der Waals surface area contributed by atoms with E-state index >= 15 is 0 Å². The van der Waals surface area contributed by atoms with Crippen LogP contribution in [0.4, 0.5) is 0 Å². The van der Waals surface area contributed by atoms with Gasteiger partial charge in [0.2, 0.25) is 0 Å². The Bertz CT molecular complexity index is 1160. The molecule has 0 N–H and O–H groups in total. The number of ether oxygens (including phenoxy) is 1. The zero-order valence-electron chi connectivity index (χ0n) is 13.7. The van der Waals surface area contributed by atoms with Crippen molar-refractivity contribution in [2.45, 2.75) is 13.8 Å². The summed E-state index contributed by atoms with van der Waals surface area (Å²) in [6.07, 6.45) is 1.50. The van der Waals surface area contributed by atoms with Crippen molar-refractivity contribution >= 4 is 27.9 Å². The number of hydrogen-bond donors (Lipinski definition) is 0. The van der Waals surface area contributed by atoms with E-state index < -0.39 is 11.6 Å². The van der Waals surface area contributed by atoms with Crippen LogP contribution >= 0.6 is 0 Å². The fourth-order valence-corrected chi connectivity index (χ4v) is 3.00. The molecule has 0 amide bonds. The van der Waals surface area contributed by atoms with Gasteiger partial charge in [0.15, 0.2) is 5.75 Å². The molecule has 0 saturated carbocycles. The quantitative estimate of drug-likeness (QED) is 0.309. The fourth-order valence-electron chi connectivity index (χ4n) is 3.00. The maximum atomic E-state index is 12.8. The number of carbonyl (C=O) groups excluding carboxylic acids is 1. The first-order chi connectivity index (χ1) is 12.0. The van der Waals surface area contributed by atoms with E-state index in [0.717, 1.165) is 11.1 Å². The minimum Gasteiger partial charge on any atom is -0.464 e. The molecular formula is C20H14O5. The molecule has 25 heavy (non-hydrogen) atoms. The van der Waals surface area contributed by atoms with Gasteiger partial charge in [-0.15, -0.1) is 0 Å². The van der Waals surface area contributed by atoms with Crippen LogP contribution in [0.15, 0.2) is 62.4 Å². The first kappa shape index (κ1) is 15.2. The molecule has 124 valence electrons. The van der Waals surface area contributed by atoms with Gasteiger partial charge >= 0.3 is 11.6 Å². The third-order valence-electron chi connectivity index (χ3n) is 4.19. The SMILES string of the molecule is Cc1cccc(C)c1C(=O)Oc1c2ccoc2cc2oc(=O)ccc12. The van der Waals surface area contributed by atoms with Crippen molar-refractivity contribution in [3.05, 3.63) is 75.8 Å². The second-order valence-electron chi connectivity index (χ2n) is 5.86. The first-order valence-electron chi connectivity index (χ1n) is 7.77. The minimum absolute atomic E-state index is 0.305. The van der Waals surface area contributed by atoms with E-state index in [1.807, 2.05) is 32.0 Å². The maximum absolute atomic E-state index is 12.8. The molecule has 0 spiro atoms. The van der Waals surface area contributed by atoms with Gasteiger partial charge in [0.05, 0.1) is 22.6 Å². The van der Waals surface area contributed by atoms with Crippen molar-refractivity contribution in [2.24, 2.45) is 0 Å². The smallest absolute Gasteiger partial charge is 0.344 e. The molecule has 4 aromatic rings. The number of rotatable bonds is 2. The summed E-state index contributed by atoms with van der Waals surface area (Å²) in [5.41, 5.74) is 2.49. The third kappa shape index (κ3) is 2.50. The Morgan fingerprint density at radius 1 is 0.960 bits per heavy atom. The van der Waals surface area contributed by atoms with E-state index in [9.17, 15) is 9.59 Å². The van der Waals surface area contributed by atoms with Crippen LogP contribution in [0.1, 0.15) is 21.5 Å². The molecule has 0 fully saturated rings. The third-order valence-corrected chi connectivity index (χ3v) is 4.19. The zero-order valence-corrected chi connectivity index (χ0v) is 13.7. The Hall–Kier alpha value is -3.34. The highest BCUT2D eigenvalue weighted by atomic mass is 16.5. The predicted octanol–water partition coefficient (Wildman–Crippen LogP) is 4.38. The van der Waals surface area contributed by atoms with Gasteiger partial charge in [-0.1, -0.05) is 18.2 Å². The molecule has 2 aromatic heterocycles. The van der Waals surface area contributed by atoms with Crippen LogP contribution in [-0.4, -0.2) is 5.97 Å². The van der Waals surface area contributed by atoms with Crippen molar-refractivity contribution in [1.82, 2.24) is 0 Å². The molecule has 0 aliphatic carbocycles. The molecule has 0 aliphatic rings. The second-order valence-corrected chi connectivity index (χ2v) is 5.86. The summed E-state index contributed by atoms with van der Waals surface area (Å²) in [7, 11) is 0. The Balaban J connectivity index is 1.92.